The van der Waals surface area contributed by atoms with Gasteiger partial charge in [0.05, 0.1) is 5.39 Å². The van der Waals surface area contributed by atoms with Gasteiger partial charge in [0.2, 0.25) is 0 Å². The molecule has 0 aliphatic carbocycles. The van der Waals surface area contributed by atoms with Crippen LogP contribution < -0.4 is 5.32 Å². The van der Waals surface area contributed by atoms with Crippen LogP contribution in [0.1, 0.15) is 24.0 Å². The first-order valence-electron chi connectivity index (χ1n) is 5.19. The molecule has 2 heterocycles. The van der Waals surface area contributed by atoms with E-state index in [4.69, 9.17) is 0 Å². The number of thiophene rings is 1. The third kappa shape index (κ3) is 2.09. The monoisotopic (exact) mass is 221 g/mol. The summed E-state index contributed by atoms with van der Waals surface area (Å²) in [5, 5.41) is 4.50. The first-order chi connectivity index (χ1) is 7.20. The number of anilines is 1. The molecule has 0 aliphatic rings. The molecule has 80 valence electrons. The zero-order chi connectivity index (χ0) is 10.8. The summed E-state index contributed by atoms with van der Waals surface area (Å²) < 4.78 is 0. The summed E-state index contributed by atoms with van der Waals surface area (Å²) in [7, 11) is 0. The highest BCUT2D eigenvalue weighted by Gasteiger charge is 2.07. The number of hydrogen-bond acceptors (Lipinski definition) is 4. The molecule has 15 heavy (non-hydrogen) atoms. The summed E-state index contributed by atoms with van der Waals surface area (Å²) in [6, 6.07) is 2.15. The minimum atomic E-state index is 0.836. The largest absolute Gasteiger partial charge is 0.369 e. The van der Waals surface area contributed by atoms with E-state index in [1.165, 1.54) is 4.88 Å². The Balaban J connectivity index is 2.50. The average molecular weight is 221 g/mol. The lowest BCUT2D eigenvalue weighted by Crippen LogP contribution is -2.03. The second kappa shape index (κ2) is 4.14. The Morgan fingerprint density at radius 2 is 2.13 bits per heavy atom. The van der Waals surface area contributed by atoms with Crippen LogP contribution in [0.2, 0.25) is 0 Å². The van der Waals surface area contributed by atoms with Gasteiger partial charge in [-0.25, -0.2) is 9.97 Å². The van der Waals surface area contributed by atoms with Gasteiger partial charge in [0.15, 0.2) is 0 Å². The van der Waals surface area contributed by atoms with Crippen molar-refractivity contribution in [3.63, 3.8) is 0 Å². The van der Waals surface area contributed by atoms with Crippen molar-refractivity contribution in [1.82, 2.24) is 9.97 Å². The Kier molecular flexibility index (Phi) is 2.86. The van der Waals surface area contributed by atoms with E-state index in [9.17, 15) is 0 Å². The minimum absolute atomic E-state index is 0.836. The standard InChI is InChI=1S/C11H15N3S/c1-4-5-12-10-9-6-7(2)15-11(9)14-8(3)13-10/h6H,4-5H2,1-3H3,(H,12,13,14). The lowest BCUT2D eigenvalue weighted by Gasteiger charge is -2.05. The molecular weight excluding hydrogens is 206 g/mol. The molecule has 2 aromatic heterocycles. The van der Waals surface area contributed by atoms with Crippen molar-refractivity contribution in [3.8, 4) is 0 Å². The number of nitrogens with zero attached hydrogens (tertiary/aromatic N) is 2. The van der Waals surface area contributed by atoms with E-state index in [-0.39, 0.29) is 0 Å². The highest BCUT2D eigenvalue weighted by atomic mass is 32.1. The number of aryl methyl sites for hydroxylation is 2. The maximum Gasteiger partial charge on any atom is 0.138 e. The molecule has 0 amide bonds. The molecule has 2 aromatic rings. The molecule has 0 atom stereocenters. The van der Waals surface area contributed by atoms with Gasteiger partial charge in [-0.15, -0.1) is 11.3 Å². The van der Waals surface area contributed by atoms with Crippen LogP contribution in [0.4, 0.5) is 5.82 Å². The van der Waals surface area contributed by atoms with Crippen molar-refractivity contribution in [1.29, 1.82) is 0 Å². The molecule has 2 rings (SSSR count). The van der Waals surface area contributed by atoms with E-state index in [0.717, 1.165) is 34.8 Å². The van der Waals surface area contributed by atoms with Crippen LogP contribution in [-0.4, -0.2) is 16.5 Å². The summed E-state index contributed by atoms with van der Waals surface area (Å²) >= 11 is 1.72. The number of aromatic nitrogens is 2. The Bertz CT molecular complexity index is 476. The molecule has 4 heteroatoms. The van der Waals surface area contributed by atoms with Crippen molar-refractivity contribution in [2.45, 2.75) is 27.2 Å². The van der Waals surface area contributed by atoms with E-state index in [1.807, 2.05) is 6.92 Å². The first kappa shape index (κ1) is 10.4. The van der Waals surface area contributed by atoms with Crippen LogP contribution in [-0.2, 0) is 0 Å². The predicted molar refractivity (Wildman–Crippen MR) is 65.7 cm³/mol. The molecule has 0 fully saturated rings. The first-order valence-corrected chi connectivity index (χ1v) is 6.01. The molecular formula is C11H15N3S. The second-order valence-corrected chi connectivity index (χ2v) is 4.86. The third-order valence-corrected chi connectivity index (χ3v) is 3.11. The SMILES string of the molecule is CCCNc1nc(C)nc2sc(C)cc12. The maximum atomic E-state index is 4.44. The molecule has 0 radical (unpaired) electrons. The third-order valence-electron chi connectivity index (χ3n) is 2.17. The predicted octanol–water partition coefficient (Wildman–Crippen LogP) is 3.13. The van der Waals surface area contributed by atoms with Gasteiger partial charge in [0.1, 0.15) is 16.5 Å². The number of hydrogen-bond donors (Lipinski definition) is 1. The summed E-state index contributed by atoms with van der Waals surface area (Å²) in [5.74, 6) is 1.81. The highest BCUT2D eigenvalue weighted by Crippen LogP contribution is 2.28. The summed E-state index contributed by atoms with van der Waals surface area (Å²) in [6.07, 6.45) is 1.10. The zero-order valence-electron chi connectivity index (χ0n) is 9.29. The minimum Gasteiger partial charge on any atom is -0.369 e. The molecule has 0 aliphatic heterocycles. The Morgan fingerprint density at radius 3 is 2.87 bits per heavy atom. The van der Waals surface area contributed by atoms with Crippen LogP contribution in [0.15, 0.2) is 6.07 Å². The molecule has 1 N–H and O–H groups in total. The van der Waals surface area contributed by atoms with E-state index in [0.29, 0.717) is 0 Å². The molecule has 0 aromatic carbocycles. The molecule has 3 nitrogen and oxygen atoms in total. The van der Waals surface area contributed by atoms with Crippen LogP contribution in [0.3, 0.4) is 0 Å². The Hall–Kier alpha value is -1.16. The van der Waals surface area contributed by atoms with Gasteiger partial charge < -0.3 is 5.32 Å². The van der Waals surface area contributed by atoms with Crippen molar-refractivity contribution in [2.75, 3.05) is 11.9 Å². The molecule has 0 bridgehead atoms. The maximum absolute atomic E-state index is 4.44. The number of rotatable bonds is 3. The summed E-state index contributed by atoms with van der Waals surface area (Å²) in [4.78, 5) is 11.2. The number of nitrogens with one attached hydrogen (secondary N) is 1. The van der Waals surface area contributed by atoms with Crippen molar-refractivity contribution in [2.24, 2.45) is 0 Å². The fourth-order valence-electron chi connectivity index (χ4n) is 1.53. The van der Waals surface area contributed by atoms with E-state index >= 15 is 0 Å². The van der Waals surface area contributed by atoms with Gasteiger partial charge in [0, 0.05) is 11.4 Å². The lowest BCUT2D eigenvalue weighted by atomic mass is 10.3. The summed E-state index contributed by atoms with van der Waals surface area (Å²) in [5.41, 5.74) is 0. The van der Waals surface area contributed by atoms with Gasteiger partial charge in [-0.2, -0.15) is 0 Å². The van der Waals surface area contributed by atoms with Crippen molar-refractivity contribution in [3.05, 3.63) is 16.8 Å². The van der Waals surface area contributed by atoms with Crippen LogP contribution >= 0.6 is 11.3 Å². The molecule has 0 spiro atoms. The topological polar surface area (TPSA) is 37.8 Å². The normalized spacial score (nSPS) is 10.9. The molecule has 0 unspecified atom stereocenters. The lowest BCUT2D eigenvalue weighted by molar-refractivity contribution is 0.963. The van der Waals surface area contributed by atoms with Crippen LogP contribution in [0.5, 0.6) is 0 Å². The smallest absolute Gasteiger partial charge is 0.138 e. The van der Waals surface area contributed by atoms with Gasteiger partial charge in [0.25, 0.3) is 0 Å². The summed E-state index contributed by atoms with van der Waals surface area (Å²) in [6.45, 7) is 7.15. The van der Waals surface area contributed by atoms with Gasteiger partial charge in [-0.3, -0.25) is 0 Å². The van der Waals surface area contributed by atoms with Crippen molar-refractivity contribution >= 4 is 27.4 Å². The molecule has 0 saturated heterocycles. The number of fused-ring (bicyclic) bond motifs is 1. The fraction of sp³-hybridized carbons (Fsp3) is 0.455. The zero-order valence-corrected chi connectivity index (χ0v) is 10.1. The van der Waals surface area contributed by atoms with E-state index in [2.05, 4.69) is 35.2 Å². The van der Waals surface area contributed by atoms with Crippen LogP contribution in [0.25, 0.3) is 10.2 Å². The molecule has 0 saturated carbocycles. The Labute approximate surface area is 93.6 Å². The van der Waals surface area contributed by atoms with Gasteiger partial charge >= 0.3 is 0 Å². The van der Waals surface area contributed by atoms with E-state index in [1.54, 1.807) is 11.3 Å². The quantitative estimate of drug-likeness (QED) is 0.865. The fourth-order valence-corrected chi connectivity index (χ4v) is 2.45. The van der Waals surface area contributed by atoms with Gasteiger partial charge in [-0.1, -0.05) is 6.92 Å². The van der Waals surface area contributed by atoms with Gasteiger partial charge in [-0.05, 0) is 26.3 Å². The average Bonchev–Trinajstić information content (AvgIpc) is 2.54. The Morgan fingerprint density at radius 1 is 1.33 bits per heavy atom. The van der Waals surface area contributed by atoms with Crippen LogP contribution in [0, 0.1) is 13.8 Å². The highest BCUT2D eigenvalue weighted by molar-refractivity contribution is 7.18. The van der Waals surface area contributed by atoms with E-state index < -0.39 is 0 Å². The second-order valence-electron chi connectivity index (χ2n) is 3.62. The van der Waals surface area contributed by atoms with Crippen molar-refractivity contribution < 1.29 is 0 Å².